The van der Waals surface area contributed by atoms with Crippen molar-refractivity contribution in [1.82, 2.24) is 0 Å². The third-order valence-electron chi connectivity index (χ3n) is 6.10. The fourth-order valence-corrected chi connectivity index (χ4v) is 4.18. The molecule has 0 bridgehead atoms. The lowest BCUT2D eigenvalue weighted by atomic mass is 9.76. The van der Waals surface area contributed by atoms with Crippen molar-refractivity contribution in [1.29, 1.82) is 0 Å². The monoisotopic (exact) mass is 388 g/mol. The number of Topliss-reactive ketones (excluding diaryl/α,β-unsaturated/α-hetero) is 1. The minimum Gasteiger partial charge on any atom is -0.293 e. The summed E-state index contributed by atoms with van der Waals surface area (Å²) in [6.45, 7) is 1.74. The number of carbonyl (C=O) groups excluding carboxylic acids is 2. The summed E-state index contributed by atoms with van der Waals surface area (Å²) in [5.41, 5.74) is 3.01. The van der Waals surface area contributed by atoms with Crippen molar-refractivity contribution < 1.29 is 9.59 Å². The Kier molecular flexibility index (Phi) is 4.22. The summed E-state index contributed by atoms with van der Waals surface area (Å²) < 4.78 is 0. The zero-order valence-electron chi connectivity index (χ0n) is 16.6. The van der Waals surface area contributed by atoms with Gasteiger partial charge in [-0.1, -0.05) is 91.0 Å². The lowest BCUT2D eigenvalue weighted by molar-refractivity contribution is -0.127. The molecular formula is C28H20O2. The Morgan fingerprint density at radius 3 is 1.93 bits per heavy atom. The second kappa shape index (κ2) is 6.93. The van der Waals surface area contributed by atoms with E-state index in [0.717, 1.165) is 33.0 Å². The van der Waals surface area contributed by atoms with Crippen LogP contribution in [0.1, 0.15) is 18.1 Å². The van der Waals surface area contributed by atoms with Gasteiger partial charge >= 0.3 is 0 Å². The normalized spacial score (nSPS) is 18.6. The number of carbonyl (C=O) groups is 2. The maximum atomic E-state index is 13.4. The summed E-state index contributed by atoms with van der Waals surface area (Å²) in [4.78, 5) is 26.5. The van der Waals surface area contributed by atoms with Gasteiger partial charge in [-0.25, -0.2) is 0 Å². The summed E-state index contributed by atoms with van der Waals surface area (Å²) in [5, 5.41) is 2.12. The van der Waals surface area contributed by atoms with E-state index in [2.05, 4.69) is 12.1 Å². The summed E-state index contributed by atoms with van der Waals surface area (Å²) in [6, 6.07) is 31.7. The maximum Gasteiger partial charge on any atom is 0.181 e. The highest BCUT2D eigenvalue weighted by Crippen LogP contribution is 2.39. The molecule has 1 aliphatic rings. The fraction of sp³-hybridized carbons (Fsp3) is 0.0714. The Hall–Kier alpha value is -3.78. The molecule has 0 aromatic heterocycles. The molecule has 0 fully saturated rings. The molecule has 5 rings (SSSR count). The van der Waals surface area contributed by atoms with Gasteiger partial charge in [0.1, 0.15) is 5.41 Å². The van der Waals surface area contributed by atoms with Crippen LogP contribution in [0.15, 0.2) is 103 Å². The molecule has 1 atom stereocenters. The predicted octanol–water partition coefficient (Wildman–Crippen LogP) is 6.00. The standard InChI is InChI=1S/C28H20O2/c1-28(24-16-15-20-9-5-6-10-23(20)17-24)26(29)18-25(27(28)30)22-13-11-21(12-14-22)19-7-3-2-4-8-19/h2-18H,1H3/t28-/m0/s1. The van der Waals surface area contributed by atoms with Crippen molar-refractivity contribution in [3.05, 3.63) is 114 Å². The molecule has 30 heavy (non-hydrogen) atoms. The number of hydrogen-bond acceptors (Lipinski definition) is 2. The zero-order valence-corrected chi connectivity index (χ0v) is 16.6. The van der Waals surface area contributed by atoms with Crippen LogP contribution in [0.3, 0.4) is 0 Å². The molecule has 4 aromatic rings. The van der Waals surface area contributed by atoms with Crippen LogP contribution < -0.4 is 0 Å². The number of hydrogen-bond donors (Lipinski definition) is 0. The first-order valence-electron chi connectivity index (χ1n) is 10.0. The van der Waals surface area contributed by atoms with E-state index in [1.54, 1.807) is 6.92 Å². The second-order valence-corrected chi connectivity index (χ2v) is 7.88. The molecule has 144 valence electrons. The van der Waals surface area contributed by atoms with E-state index in [4.69, 9.17) is 0 Å². The van der Waals surface area contributed by atoms with Crippen LogP contribution in [0.25, 0.3) is 27.5 Å². The van der Waals surface area contributed by atoms with Gasteiger partial charge in [0.15, 0.2) is 11.6 Å². The third kappa shape index (κ3) is 2.81. The first-order chi connectivity index (χ1) is 14.6. The van der Waals surface area contributed by atoms with Gasteiger partial charge in [0, 0.05) is 5.57 Å². The van der Waals surface area contributed by atoms with Crippen LogP contribution in [-0.2, 0) is 15.0 Å². The maximum absolute atomic E-state index is 13.4. The number of allylic oxidation sites excluding steroid dienone is 2. The number of rotatable bonds is 3. The van der Waals surface area contributed by atoms with E-state index in [-0.39, 0.29) is 11.6 Å². The van der Waals surface area contributed by atoms with E-state index in [1.807, 2.05) is 84.9 Å². The summed E-state index contributed by atoms with van der Waals surface area (Å²) in [5.74, 6) is -0.305. The number of benzene rings is 4. The fourth-order valence-electron chi connectivity index (χ4n) is 4.18. The lowest BCUT2D eigenvalue weighted by Crippen LogP contribution is -2.35. The topological polar surface area (TPSA) is 34.1 Å². The van der Waals surface area contributed by atoms with Gasteiger partial charge in [0.05, 0.1) is 0 Å². The van der Waals surface area contributed by atoms with Crippen molar-refractivity contribution in [3.8, 4) is 11.1 Å². The zero-order chi connectivity index (χ0) is 20.7. The molecule has 0 amide bonds. The van der Waals surface area contributed by atoms with Crippen LogP contribution in [-0.4, -0.2) is 11.6 Å². The van der Waals surface area contributed by atoms with Crippen molar-refractivity contribution >= 4 is 27.9 Å². The van der Waals surface area contributed by atoms with Crippen LogP contribution in [0.5, 0.6) is 0 Å². The van der Waals surface area contributed by atoms with Crippen LogP contribution in [0, 0.1) is 0 Å². The van der Waals surface area contributed by atoms with Gasteiger partial charge in [-0.05, 0) is 52.1 Å². The smallest absolute Gasteiger partial charge is 0.181 e. The van der Waals surface area contributed by atoms with Gasteiger partial charge in [-0.15, -0.1) is 0 Å². The highest BCUT2D eigenvalue weighted by atomic mass is 16.2. The highest BCUT2D eigenvalue weighted by Gasteiger charge is 2.47. The van der Waals surface area contributed by atoms with Gasteiger partial charge in [0.25, 0.3) is 0 Å². The Morgan fingerprint density at radius 1 is 0.600 bits per heavy atom. The second-order valence-electron chi connectivity index (χ2n) is 7.88. The number of fused-ring (bicyclic) bond motifs is 1. The molecule has 0 heterocycles. The van der Waals surface area contributed by atoms with Gasteiger partial charge in [-0.3, -0.25) is 9.59 Å². The average Bonchev–Trinajstić information content (AvgIpc) is 3.04. The van der Waals surface area contributed by atoms with E-state index in [1.165, 1.54) is 6.08 Å². The van der Waals surface area contributed by atoms with Crippen LogP contribution in [0.4, 0.5) is 0 Å². The van der Waals surface area contributed by atoms with E-state index in [0.29, 0.717) is 5.57 Å². The lowest BCUT2D eigenvalue weighted by Gasteiger charge is -2.22. The Bertz CT molecular complexity index is 1310. The molecule has 2 nitrogen and oxygen atoms in total. The molecule has 0 spiro atoms. The average molecular weight is 388 g/mol. The summed E-state index contributed by atoms with van der Waals surface area (Å²) in [7, 11) is 0. The largest absolute Gasteiger partial charge is 0.293 e. The quantitative estimate of drug-likeness (QED) is 0.403. The molecule has 4 aromatic carbocycles. The third-order valence-corrected chi connectivity index (χ3v) is 6.10. The molecule has 0 saturated heterocycles. The van der Waals surface area contributed by atoms with Crippen LogP contribution in [0.2, 0.25) is 0 Å². The molecule has 2 heteroatoms. The van der Waals surface area contributed by atoms with Gasteiger partial charge < -0.3 is 0 Å². The number of ketones is 2. The van der Waals surface area contributed by atoms with Crippen molar-refractivity contribution in [2.24, 2.45) is 0 Å². The molecule has 0 N–H and O–H groups in total. The molecule has 1 aliphatic carbocycles. The predicted molar refractivity (Wildman–Crippen MR) is 121 cm³/mol. The molecule has 0 aliphatic heterocycles. The summed E-state index contributed by atoms with van der Waals surface area (Å²) >= 11 is 0. The summed E-state index contributed by atoms with van der Waals surface area (Å²) in [6.07, 6.45) is 1.51. The minimum atomic E-state index is -1.18. The first-order valence-corrected chi connectivity index (χ1v) is 10.0. The molecular weight excluding hydrogens is 368 g/mol. The Balaban J connectivity index is 1.50. The highest BCUT2D eigenvalue weighted by molar-refractivity contribution is 6.42. The molecule has 0 unspecified atom stereocenters. The van der Waals surface area contributed by atoms with Crippen molar-refractivity contribution in [3.63, 3.8) is 0 Å². The van der Waals surface area contributed by atoms with Gasteiger partial charge in [0.2, 0.25) is 0 Å². The van der Waals surface area contributed by atoms with E-state index in [9.17, 15) is 9.59 Å². The van der Waals surface area contributed by atoms with Crippen molar-refractivity contribution in [2.45, 2.75) is 12.3 Å². The van der Waals surface area contributed by atoms with Gasteiger partial charge in [-0.2, -0.15) is 0 Å². The van der Waals surface area contributed by atoms with Crippen molar-refractivity contribution in [2.75, 3.05) is 0 Å². The SMILES string of the molecule is C[C@]1(c2ccc3ccccc3c2)C(=O)C=C(c2ccc(-c3ccccc3)cc2)C1=O. The van der Waals surface area contributed by atoms with E-state index < -0.39 is 5.41 Å². The Morgan fingerprint density at radius 2 is 1.20 bits per heavy atom. The molecule has 0 saturated carbocycles. The minimum absolute atomic E-state index is 0.143. The first kappa shape index (κ1) is 18.3. The van der Waals surface area contributed by atoms with Crippen LogP contribution >= 0.6 is 0 Å². The van der Waals surface area contributed by atoms with E-state index >= 15 is 0 Å². The molecule has 0 radical (unpaired) electrons. The Labute approximate surface area is 175 Å².